The number of aliphatic hydroxyl groups is 1. The Bertz CT molecular complexity index is 304. The van der Waals surface area contributed by atoms with Gasteiger partial charge in [0.25, 0.3) is 0 Å². The summed E-state index contributed by atoms with van der Waals surface area (Å²) in [5.41, 5.74) is 0.877. The fourth-order valence-corrected chi connectivity index (χ4v) is 1.92. The van der Waals surface area contributed by atoms with E-state index in [1.165, 1.54) is 0 Å². The van der Waals surface area contributed by atoms with Crippen LogP contribution in [0.2, 0.25) is 0 Å². The number of hydrogen-bond donors (Lipinski definition) is 2. The molecule has 1 rings (SSSR count). The third-order valence-corrected chi connectivity index (χ3v) is 3.45. The number of nitrogens with one attached hydrogen (secondary N) is 1. The highest BCUT2D eigenvalue weighted by Gasteiger charge is 2.15. The molecular weight excluding hydrogens is 210 g/mol. The molecule has 0 fully saturated rings. The monoisotopic (exact) mass is 227 g/mol. The maximum Gasteiger partial charge on any atom is 0.147 e. The summed E-state index contributed by atoms with van der Waals surface area (Å²) in [7, 11) is 0. The Labute approximate surface area is 94.5 Å². The molecule has 0 aliphatic rings. The second kappa shape index (κ2) is 5.92. The number of hydrogen-bond acceptors (Lipinski definition) is 5. The topological polar surface area (TPSA) is 58.0 Å². The summed E-state index contributed by atoms with van der Waals surface area (Å²) < 4.78 is 0. The smallest absolute Gasteiger partial charge is 0.147 e. The van der Waals surface area contributed by atoms with E-state index in [2.05, 4.69) is 15.3 Å². The van der Waals surface area contributed by atoms with Crippen molar-refractivity contribution in [2.45, 2.75) is 25.1 Å². The molecule has 0 saturated carbocycles. The number of anilines is 1. The number of aryl methyl sites for hydroxylation is 1. The van der Waals surface area contributed by atoms with E-state index < -0.39 is 0 Å². The van der Waals surface area contributed by atoms with Crippen molar-refractivity contribution in [3.05, 3.63) is 18.1 Å². The standard InChI is InChI=1S/C10H17N3OS/c1-7(9(6-14)15-3)13-10-8(2)11-4-5-12-10/h4-5,7,9,14H,6H2,1-3H3,(H,12,13). The van der Waals surface area contributed by atoms with E-state index >= 15 is 0 Å². The van der Waals surface area contributed by atoms with E-state index in [1.54, 1.807) is 24.2 Å². The average Bonchev–Trinajstić information content (AvgIpc) is 2.23. The van der Waals surface area contributed by atoms with Crippen LogP contribution in [0, 0.1) is 6.92 Å². The fourth-order valence-electron chi connectivity index (χ4n) is 1.29. The second-order valence-corrected chi connectivity index (χ2v) is 4.46. The Morgan fingerprint density at radius 2 is 2.13 bits per heavy atom. The molecule has 0 radical (unpaired) electrons. The lowest BCUT2D eigenvalue weighted by Gasteiger charge is -2.22. The van der Waals surface area contributed by atoms with Gasteiger partial charge in [0.1, 0.15) is 5.82 Å². The Balaban J connectivity index is 2.65. The lowest BCUT2D eigenvalue weighted by molar-refractivity contribution is 0.288. The van der Waals surface area contributed by atoms with Gasteiger partial charge in [-0.3, -0.25) is 4.98 Å². The number of aromatic nitrogens is 2. The van der Waals surface area contributed by atoms with E-state index in [1.807, 2.05) is 20.1 Å². The number of aliphatic hydroxyl groups excluding tert-OH is 1. The van der Waals surface area contributed by atoms with Gasteiger partial charge >= 0.3 is 0 Å². The minimum atomic E-state index is 0.161. The molecule has 2 atom stereocenters. The molecule has 5 heteroatoms. The predicted octanol–water partition coefficient (Wildman–Crippen LogP) is 1.31. The summed E-state index contributed by atoms with van der Waals surface area (Å²) in [6.45, 7) is 4.11. The molecule has 2 unspecified atom stereocenters. The van der Waals surface area contributed by atoms with E-state index in [-0.39, 0.29) is 17.9 Å². The minimum absolute atomic E-state index is 0.161. The van der Waals surface area contributed by atoms with Gasteiger partial charge in [-0.05, 0) is 20.1 Å². The number of rotatable bonds is 5. The van der Waals surface area contributed by atoms with Gasteiger partial charge in [-0.2, -0.15) is 11.8 Å². The fraction of sp³-hybridized carbons (Fsp3) is 0.600. The molecule has 0 aliphatic carbocycles. The molecule has 1 aromatic rings. The number of thioether (sulfide) groups is 1. The van der Waals surface area contributed by atoms with Crippen LogP contribution in [0.15, 0.2) is 12.4 Å². The molecule has 0 spiro atoms. The molecule has 4 nitrogen and oxygen atoms in total. The zero-order valence-corrected chi connectivity index (χ0v) is 10.1. The zero-order chi connectivity index (χ0) is 11.3. The van der Waals surface area contributed by atoms with Crippen molar-refractivity contribution in [1.29, 1.82) is 0 Å². The van der Waals surface area contributed by atoms with Crippen LogP contribution >= 0.6 is 11.8 Å². The predicted molar refractivity (Wildman–Crippen MR) is 64.2 cm³/mol. The normalized spacial score (nSPS) is 14.7. The van der Waals surface area contributed by atoms with Crippen molar-refractivity contribution >= 4 is 17.6 Å². The van der Waals surface area contributed by atoms with Crippen LogP contribution in [-0.4, -0.2) is 39.2 Å². The Morgan fingerprint density at radius 1 is 1.47 bits per heavy atom. The van der Waals surface area contributed by atoms with Crippen LogP contribution < -0.4 is 5.32 Å². The highest BCUT2D eigenvalue weighted by Crippen LogP contribution is 2.15. The molecule has 1 heterocycles. The van der Waals surface area contributed by atoms with Crippen molar-refractivity contribution in [2.24, 2.45) is 0 Å². The van der Waals surface area contributed by atoms with Gasteiger partial charge in [0.2, 0.25) is 0 Å². The van der Waals surface area contributed by atoms with Crippen LogP contribution in [0.1, 0.15) is 12.6 Å². The molecule has 84 valence electrons. The molecule has 0 aliphatic heterocycles. The molecule has 0 amide bonds. The third-order valence-electron chi connectivity index (χ3n) is 2.29. The van der Waals surface area contributed by atoms with Crippen LogP contribution in [0.3, 0.4) is 0 Å². The van der Waals surface area contributed by atoms with E-state index in [9.17, 15) is 0 Å². The first-order valence-corrected chi connectivity index (χ1v) is 6.15. The number of nitrogens with zero attached hydrogens (tertiary/aromatic N) is 2. The maximum atomic E-state index is 9.15. The zero-order valence-electron chi connectivity index (χ0n) is 9.27. The summed E-state index contributed by atoms with van der Waals surface area (Å²) in [4.78, 5) is 8.35. The largest absolute Gasteiger partial charge is 0.395 e. The Hall–Kier alpha value is -0.810. The van der Waals surface area contributed by atoms with Gasteiger partial charge < -0.3 is 10.4 Å². The van der Waals surface area contributed by atoms with E-state index in [0.29, 0.717) is 0 Å². The highest BCUT2D eigenvalue weighted by atomic mass is 32.2. The Kier molecular flexibility index (Phi) is 4.84. The van der Waals surface area contributed by atoms with Crippen molar-refractivity contribution < 1.29 is 5.11 Å². The minimum Gasteiger partial charge on any atom is -0.395 e. The quantitative estimate of drug-likeness (QED) is 0.794. The van der Waals surface area contributed by atoms with Crippen LogP contribution in [0.4, 0.5) is 5.82 Å². The van der Waals surface area contributed by atoms with Crippen molar-refractivity contribution in [1.82, 2.24) is 9.97 Å². The molecule has 0 saturated heterocycles. The average molecular weight is 227 g/mol. The molecular formula is C10H17N3OS. The summed E-state index contributed by atoms with van der Waals surface area (Å²) in [5.74, 6) is 0.789. The first kappa shape index (κ1) is 12.3. The lowest BCUT2D eigenvalue weighted by Crippen LogP contribution is -2.31. The van der Waals surface area contributed by atoms with Crippen LogP contribution in [-0.2, 0) is 0 Å². The molecule has 1 aromatic heterocycles. The van der Waals surface area contributed by atoms with Gasteiger partial charge in [-0.15, -0.1) is 0 Å². The van der Waals surface area contributed by atoms with Gasteiger partial charge in [0, 0.05) is 23.7 Å². The summed E-state index contributed by atoms with van der Waals surface area (Å²) >= 11 is 1.64. The van der Waals surface area contributed by atoms with Crippen LogP contribution in [0.5, 0.6) is 0 Å². The van der Waals surface area contributed by atoms with E-state index in [0.717, 1.165) is 11.5 Å². The third kappa shape index (κ3) is 3.35. The Morgan fingerprint density at radius 3 is 2.67 bits per heavy atom. The first-order chi connectivity index (χ1) is 7.19. The first-order valence-electron chi connectivity index (χ1n) is 4.86. The van der Waals surface area contributed by atoms with Crippen molar-refractivity contribution in [2.75, 3.05) is 18.2 Å². The lowest BCUT2D eigenvalue weighted by atomic mass is 10.2. The van der Waals surface area contributed by atoms with E-state index in [4.69, 9.17) is 5.11 Å². The van der Waals surface area contributed by atoms with Gasteiger partial charge in [-0.1, -0.05) is 0 Å². The second-order valence-electron chi connectivity index (χ2n) is 3.38. The molecule has 15 heavy (non-hydrogen) atoms. The molecule has 2 N–H and O–H groups in total. The van der Waals surface area contributed by atoms with Crippen LogP contribution in [0.25, 0.3) is 0 Å². The molecule has 0 bridgehead atoms. The summed E-state index contributed by atoms with van der Waals surface area (Å²) in [5, 5.41) is 12.6. The summed E-state index contributed by atoms with van der Waals surface area (Å²) in [6.07, 6.45) is 5.32. The summed E-state index contributed by atoms with van der Waals surface area (Å²) in [6, 6.07) is 0.167. The van der Waals surface area contributed by atoms with Crippen molar-refractivity contribution in [3.63, 3.8) is 0 Å². The highest BCUT2D eigenvalue weighted by molar-refractivity contribution is 7.99. The van der Waals surface area contributed by atoms with Gasteiger partial charge in [0.15, 0.2) is 0 Å². The van der Waals surface area contributed by atoms with Crippen molar-refractivity contribution in [3.8, 4) is 0 Å². The van der Waals surface area contributed by atoms with Gasteiger partial charge in [0.05, 0.1) is 12.3 Å². The van der Waals surface area contributed by atoms with Gasteiger partial charge in [-0.25, -0.2) is 4.98 Å². The molecule has 0 aromatic carbocycles. The maximum absolute atomic E-state index is 9.15. The SMILES string of the molecule is CSC(CO)C(C)Nc1nccnc1C.